The molecule has 0 spiro atoms. The van der Waals surface area contributed by atoms with Gasteiger partial charge in [-0.2, -0.15) is 0 Å². The molecular weight excluding hydrogens is 310 g/mol. The summed E-state index contributed by atoms with van der Waals surface area (Å²) in [6, 6.07) is 2.26. The first-order valence-corrected chi connectivity index (χ1v) is 6.91. The third-order valence-corrected chi connectivity index (χ3v) is 3.56. The Bertz CT molecular complexity index is 750. The Hall–Kier alpha value is -2.77. The molecule has 1 atom stereocenters. The molecule has 0 aliphatic heterocycles. The van der Waals surface area contributed by atoms with Crippen LogP contribution < -0.4 is 5.32 Å². The molecule has 1 aliphatic carbocycles. The Labute approximate surface area is 129 Å². The van der Waals surface area contributed by atoms with E-state index in [0.717, 1.165) is 31.2 Å². The van der Waals surface area contributed by atoms with Gasteiger partial charge in [0.2, 0.25) is 5.89 Å². The number of carbonyl (C=O) groups is 2. The first-order valence-electron chi connectivity index (χ1n) is 6.91. The van der Waals surface area contributed by atoms with Gasteiger partial charge in [0.05, 0.1) is 0 Å². The summed E-state index contributed by atoms with van der Waals surface area (Å²) in [5.41, 5.74) is -0.724. The van der Waals surface area contributed by atoms with E-state index in [1.165, 1.54) is 6.07 Å². The third kappa shape index (κ3) is 3.05. The Kier molecular flexibility index (Phi) is 3.81. The lowest BCUT2D eigenvalue weighted by Gasteiger charge is -2.11. The van der Waals surface area contributed by atoms with Crippen molar-refractivity contribution in [2.45, 2.75) is 18.9 Å². The maximum absolute atomic E-state index is 13.7. The average Bonchev–Trinajstić information content (AvgIpc) is 3.21. The predicted octanol–water partition coefficient (Wildman–Crippen LogP) is 2.21. The lowest BCUT2D eigenvalue weighted by atomic mass is 10.2. The van der Waals surface area contributed by atoms with Crippen molar-refractivity contribution in [3.63, 3.8) is 0 Å². The third-order valence-electron chi connectivity index (χ3n) is 3.56. The van der Waals surface area contributed by atoms with Crippen molar-refractivity contribution in [2.75, 3.05) is 0 Å². The number of hydrogen-bond donors (Lipinski definition) is 2. The molecule has 1 aromatic heterocycles. The second-order valence-corrected chi connectivity index (χ2v) is 5.26. The molecule has 1 amide bonds. The molecule has 120 valence electrons. The molecule has 1 heterocycles. The quantitative estimate of drug-likeness (QED) is 0.880. The molecule has 2 N–H and O–H groups in total. The summed E-state index contributed by atoms with van der Waals surface area (Å²) >= 11 is 0. The van der Waals surface area contributed by atoms with Crippen LogP contribution in [0.1, 0.15) is 23.3 Å². The van der Waals surface area contributed by atoms with E-state index in [1.807, 2.05) is 0 Å². The minimum Gasteiger partial charge on any atom is -0.480 e. The lowest BCUT2D eigenvalue weighted by Crippen LogP contribution is -2.42. The van der Waals surface area contributed by atoms with Gasteiger partial charge in [0, 0.05) is 0 Å². The van der Waals surface area contributed by atoms with Crippen molar-refractivity contribution in [1.82, 2.24) is 10.3 Å². The fraction of sp³-hybridized carbons (Fsp3) is 0.267. The molecule has 0 saturated heterocycles. The summed E-state index contributed by atoms with van der Waals surface area (Å²) in [5, 5.41) is 11.4. The van der Waals surface area contributed by atoms with Crippen LogP contribution in [0, 0.1) is 17.6 Å². The van der Waals surface area contributed by atoms with Crippen molar-refractivity contribution in [2.24, 2.45) is 5.92 Å². The molecule has 0 bridgehead atoms. The predicted molar refractivity (Wildman–Crippen MR) is 73.5 cm³/mol. The van der Waals surface area contributed by atoms with Crippen LogP contribution in [-0.4, -0.2) is 28.0 Å². The Morgan fingerprint density at radius 1 is 1.30 bits per heavy atom. The number of carboxylic acids is 1. The molecule has 0 radical (unpaired) electrons. The average molecular weight is 322 g/mol. The number of hydrogen-bond acceptors (Lipinski definition) is 4. The normalized spacial score (nSPS) is 15.2. The molecule has 1 saturated carbocycles. The van der Waals surface area contributed by atoms with Gasteiger partial charge in [-0.25, -0.2) is 18.6 Å². The minimum absolute atomic E-state index is 0.105. The number of oxazole rings is 1. The van der Waals surface area contributed by atoms with Gasteiger partial charge >= 0.3 is 5.97 Å². The van der Waals surface area contributed by atoms with Gasteiger partial charge in [0.25, 0.3) is 5.91 Å². The van der Waals surface area contributed by atoms with Gasteiger partial charge < -0.3 is 14.8 Å². The summed E-state index contributed by atoms with van der Waals surface area (Å²) < 4.78 is 32.3. The van der Waals surface area contributed by atoms with Gasteiger partial charge in [-0.3, -0.25) is 4.79 Å². The standard InChI is InChI=1S/C15H12F2N2O4/c16-8-2-1-3-9(17)11(8)14-18-10(6-23-14)13(20)19-12(15(21)22)7-4-5-7/h1-3,6-7,12H,4-5H2,(H,19,20)(H,21,22). The van der Waals surface area contributed by atoms with Crippen molar-refractivity contribution in [1.29, 1.82) is 0 Å². The molecule has 3 rings (SSSR count). The van der Waals surface area contributed by atoms with Crippen LogP contribution in [0.5, 0.6) is 0 Å². The van der Waals surface area contributed by atoms with Crippen molar-refractivity contribution in [3.8, 4) is 11.5 Å². The van der Waals surface area contributed by atoms with Crippen LogP contribution in [0.2, 0.25) is 0 Å². The Morgan fingerprint density at radius 2 is 1.96 bits per heavy atom. The second kappa shape index (κ2) is 5.79. The number of carbonyl (C=O) groups excluding carboxylic acids is 1. The van der Waals surface area contributed by atoms with E-state index in [2.05, 4.69) is 10.3 Å². The highest BCUT2D eigenvalue weighted by atomic mass is 19.1. The van der Waals surface area contributed by atoms with Gasteiger partial charge in [-0.05, 0) is 30.9 Å². The molecule has 1 aliphatic rings. The molecular formula is C15H12F2N2O4. The number of aromatic nitrogens is 1. The van der Waals surface area contributed by atoms with Gasteiger partial charge in [0.1, 0.15) is 29.5 Å². The zero-order valence-electron chi connectivity index (χ0n) is 11.8. The summed E-state index contributed by atoms with van der Waals surface area (Å²) in [5.74, 6) is -4.14. The first kappa shape index (κ1) is 15.1. The largest absolute Gasteiger partial charge is 0.480 e. The minimum atomic E-state index is -1.13. The summed E-state index contributed by atoms with van der Waals surface area (Å²) in [4.78, 5) is 26.9. The molecule has 1 fully saturated rings. The lowest BCUT2D eigenvalue weighted by molar-refractivity contribution is -0.139. The Balaban J connectivity index is 1.81. The highest BCUT2D eigenvalue weighted by Crippen LogP contribution is 2.33. The van der Waals surface area contributed by atoms with Crippen LogP contribution in [0.25, 0.3) is 11.5 Å². The van der Waals surface area contributed by atoms with Crippen LogP contribution in [0.3, 0.4) is 0 Å². The fourth-order valence-electron chi connectivity index (χ4n) is 2.22. The van der Waals surface area contributed by atoms with Crippen molar-refractivity contribution < 1.29 is 27.9 Å². The topological polar surface area (TPSA) is 92.4 Å². The number of carboxylic acid groups (broad SMARTS) is 1. The van der Waals surface area contributed by atoms with E-state index >= 15 is 0 Å². The highest BCUT2D eigenvalue weighted by molar-refractivity contribution is 5.95. The van der Waals surface area contributed by atoms with E-state index in [1.54, 1.807) is 0 Å². The monoisotopic (exact) mass is 322 g/mol. The number of amides is 1. The SMILES string of the molecule is O=C(NC(C(=O)O)C1CC1)c1coc(-c2c(F)cccc2F)n1. The number of rotatable bonds is 5. The number of aliphatic carboxylic acids is 1. The zero-order chi connectivity index (χ0) is 16.6. The summed E-state index contributed by atoms with van der Waals surface area (Å²) in [6.45, 7) is 0. The zero-order valence-corrected chi connectivity index (χ0v) is 11.8. The molecule has 1 unspecified atom stereocenters. The Morgan fingerprint density at radius 3 is 2.52 bits per heavy atom. The van der Waals surface area contributed by atoms with Crippen LogP contribution in [-0.2, 0) is 4.79 Å². The van der Waals surface area contributed by atoms with E-state index in [4.69, 9.17) is 9.52 Å². The number of nitrogens with one attached hydrogen (secondary N) is 1. The maximum atomic E-state index is 13.7. The maximum Gasteiger partial charge on any atom is 0.326 e. The van der Waals surface area contributed by atoms with Crippen molar-refractivity contribution >= 4 is 11.9 Å². The van der Waals surface area contributed by atoms with E-state index in [-0.39, 0.29) is 17.5 Å². The molecule has 8 heteroatoms. The van der Waals surface area contributed by atoms with Gasteiger partial charge in [0.15, 0.2) is 5.69 Å². The van der Waals surface area contributed by atoms with Crippen LogP contribution in [0.15, 0.2) is 28.9 Å². The molecule has 23 heavy (non-hydrogen) atoms. The summed E-state index contributed by atoms with van der Waals surface area (Å²) in [7, 11) is 0. The van der Waals surface area contributed by atoms with E-state index in [9.17, 15) is 18.4 Å². The molecule has 1 aromatic carbocycles. The van der Waals surface area contributed by atoms with E-state index < -0.39 is 35.1 Å². The second-order valence-electron chi connectivity index (χ2n) is 5.26. The first-order chi connectivity index (χ1) is 11.0. The van der Waals surface area contributed by atoms with Crippen LogP contribution >= 0.6 is 0 Å². The van der Waals surface area contributed by atoms with Crippen LogP contribution in [0.4, 0.5) is 8.78 Å². The van der Waals surface area contributed by atoms with E-state index in [0.29, 0.717) is 0 Å². The van der Waals surface area contributed by atoms with Gasteiger partial charge in [-0.1, -0.05) is 6.07 Å². The van der Waals surface area contributed by atoms with Gasteiger partial charge in [-0.15, -0.1) is 0 Å². The molecule has 2 aromatic rings. The highest BCUT2D eigenvalue weighted by Gasteiger charge is 2.37. The smallest absolute Gasteiger partial charge is 0.326 e. The molecule has 6 nitrogen and oxygen atoms in total. The number of halogens is 2. The summed E-state index contributed by atoms with van der Waals surface area (Å²) in [6.07, 6.45) is 2.38. The number of nitrogens with zero attached hydrogens (tertiary/aromatic N) is 1. The fourth-order valence-corrected chi connectivity index (χ4v) is 2.22. The number of benzene rings is 1. The van der Waals surface area contributed by atoms with Crippen molar-refractivity contribution in [3.05, 3.63) is 41.8 Å².